The topological polar surface area (TPSA) is 149 Å². The monoisotopic (exact) mass is 868 g/mol. The lowest BCUT2D eigenvalue weighted by Crippen LogP contribution is -2.52. The van der Waals surface area contributed by atoms with Crippen LogP contribution in [0.4, 0.5) is 40.8 Å². The maximum absolute atomic E-state index is 14.9. The molecule has 0 bridgehead atoms. The van der Waals surface area contributed by atoms with Gasteiger partial charge in [-0.15, -0.1) is 5.10 Å². The molecule has 14 nitrogen and oxygen atoms in total. The Hall–Kier alpha value is -5.94. The summed E-state index contributed by atoms with van der Waals surface area (Å²) in [6, 6.07) is 14.4. The van der Waals surface area contributed by atoms with Crippen LogP contribution in [0.2, 0.25) is 5.02 Å². The number of benzene rings is 2. The van der Waals surface area contributed by atoms with Gasteiger partial charge in [0.2, 0.25) is 5.91 Å². The van der Waals surface area contributed by atoms with Crippen molar-refractivity contribution < 1.29 is 32.3 Å². The second-order valence-corrected chi connectivity index (χ2v) is 17.3. The molecule has 4 fully saturated rings. The van der Waals surface area contributed by atoms with Gasteiger partial charge in [0.25, 0.3) is 12.3 Å². The van der Waals surface area contributed by atoms with Gasteiger partial charge in [0.05, 0.1) is 46.5 Å². The van der Waals surface area contributed by atoms with E-state index < -0.39 is 36.6 Å². The molecule has 322 valence electrons. The SMILES string of the molecule is CNc1cc(N2CCc3c(-c4ccc(C(C(F)F)N5CCC6(CC5)CC(Oc5ccc(Cl)c(N7CCC(=O)NC7=O)c5)C6)cn4)cccc32)nn2c(C(=O)N[C@@H]3C[C@@H]3F)cnc12. The number of piperidine rings is 1. The molecule has 2 saturated carbocycles. The molecule has 5 aliphatic rings. The molecule has 1 unspecified atom stereocenters. The van der Waals surface area contributed by atoms with Crippen LogP contribution in [0.15, 0.2) is 67.0 Å². The number of anilines is 4. The molecule has 6 heterocycles. The number of likely N-dealkylation sites (tertiary alicyclic amines) is 1. The minimum atomic E-state index is -2.60. The predicted octanol–water partition coefficient (Wildman–Crippen LogP) is 7.10. The molecule has 3 aliphatic heterocycles. The highest BCUT2D eigenvalue weighted by Crippen LogP contribution is 2.52. The van der Waals surface area contributed by atoms with Gasteiger partial charge in [-0.2, -0.15) is 0 Å². The minimum Gasteiger partial charge on any atom is -0.490 e. The van der Waals surface area contributed by atoms with E-state index in [9.17, 15) is 27.6 Å². The van der Waals surface area contributed by atoms with Gasteiger partial charge < -0.3 is 20.3 Å². The first-order valence-electron chi connectivity index (χ1n) is 20.9. The van der Waals surface area contributed by atoms with Gasteiger partial charge >= 0.3 is 6.03 Å². The zero-order valence-corrected chi connectivity index (χ0v) is 34.5. The van der Waals surface area contributed by atoms with E-state index in [1.54, 1.807) is 37.5 Å². The van der Waals surface area contributed by atoms with Crippen LogP contribution in [-0.4, -0.2) is 100 Å². The van der Waals surface area contributed by atoms with Crippen molar-refractivity contribution in [3.8, 4) is 17.0 Å². The van der Waals surface area contributed by atoms with Crippen LogP contribution in [0.1, 0.15) is 66.2 Å². The number of pyridine rings is 1. The number of carbonyl (C=O) groups is 3. The Morgan fingerprint density at radius 1 is 0.968 bits per heavy atom. The summed E-state index contributed by atoms with van der Waals surface area (Å²) in [4.78, 5) is 51.6. The summed E-state index contributed by atoms with van der Waals surface area (Å²) in [7, 11) is 1.77. The van der Waals surface area contributed by atoms with E-state index in [0.717, 1.165) is 42.5 Å². The van der Waals surface area contributed by atoms with Gasteiger partial charge in [0.15, 0.2) is 17.2 Å². The maximum atomic E-state index is 14.9. The van der Waals surface area contributed by atoms with Crippen molar-refractivity contribution >= 4 is 58.0 Å². The highest BCUT2D eigenvalue weighted by molar-refractivity contribution is 6.34. The molecule has 2 aliphatic carbocycles. The quantitative estimate of drug-likeness (QED) is 0.126. The fraction of sp³-hybridized carbons (Fsp3) is 0.409. The van der Waals surface area contributed by atoms with Crippen LogP contribution in [0.25, 0.3) is 16.9 Å². The van der Waals surface area contributed by atoms with E-state index >= 15 is 0 Å². The summed E-state index contributed by atoms with van der Waals surface area (Å²) in [5, 5.41) is 13.4. The van der Waals surface area contributed by atoms with Gasteiger partial charge in [-0.3, -0.25) is 29.7 Å². The van der Waals surface area contributed by atoms with Crippen LogP contribution in [0.3, 0.4) is 0 Å². The number of rotatable bonds is 11. The molecule has 5 aromatic rings. The summed E-state index contributed by atoms with van der Waals surface area (Å²) in [5.41, 5.74) is 5.86. The summed E-state index contributed by atoms with van der Waals surface area (Å²) < 4.78 is 51.1. The highest BCUT2D eigenvalue weighted by atomic mass is 35.5. The van der Waals surface area contributed by atoms with E-state index in [-0.39, 0.29) is 36.1 Å². The second kappa shape index (κ2) is 15.8. The lowest BCUT2D eigenvalue weighted by Gasteiger charge is -2.52. The van der Waals surface area contributed by atoms with Crippen molar-refractivity contribution in [1.29, 1.82) is 0 Å². The first-order chi connectivity index (χ1) is 30.0. The number of nitrogens with one attached hydrogen (secondary N) is 3. The smallest absolute Gasteiger partial charge is 0.328 e. The number of hydrogen-bond acceptors (Lipinski definition) is 10. The predicted molar refractivity (Wildman–Crippen MR) is 226 cm³/mol. The van der Waals surface area contributed by atoms with Crippen LogP contribution < -0.4 is 30.5 Å². The Balaban J connectivity index is 0.798. The number of hydrogen-bond donors (Lipinski definition) is 3. The van der Waals surface area contributed by atoms with Crippen LogP contribution in [0, 0.1) is 5.41 Å². The molecule has 0 radical (unpaired) electrons. The van der Waals surface area contributed by atoms with Gasteiger partial charge in [-0.1, -0.05) is 29.8 Å². The van der Waals surface area contributed by atoms with E-state index in [0.29, 0.717) is 77.3 Å². The fourth-order valence-electron chi connectivity index (χ4n) is 9.58. The number of urea groups is 1. The molecular formula is C44H44ClF3N10O4. The zero-order valence-electron chi connectivity index (χ0n) is 33.8. The molecule has 3 N–H and O–H groups in total. The molecule has 1 spiro atoms. The molecule has 62 heavy (non-hydrogen) atoms. The Kier molecular flexibility index (Phi) is 10.2. The summed E-state index contributed by atoms with van der Waals surface area (Å²) in [6.45, 7) is 1.89. The van der Waals surface area contributed by atoms with Crippen molar-refractivity contribution in [1.82, 2.24) is 35.1 Å². The molecule has 2 saturated heterocycles. The first kappa shape index (κ1) is 40.2. The number of amides is 4. The Morgan fingerprint density at radius 2 is 1.76 bits per heavy atom. The molecule has 2 aromatic carbocycles. The minimum absolute atomic E-state index is 0.0157. The van der Waals surface area contributed by atoms with Crippen molar-refractivity contribution in [2.45, 2.75) is 75.7 Å². The molecule has 4 amide bonds. The standard InChI is InChI=1S/C44H44ClF3N10O4/c1-49-33-19-37(54-58-36(23-51-41(33)58)42(60)52-32-18-30(32)46)56-13-9-28-27(3-2-4-34(28)56)31-8-5-24(22-50-31)39(40(47)48)55-15-11-44(12-16-55)20-26(21-44)62-25-6-7-29(45)35(17-25)57-14-10-38(59)53-43(57)61/h2-8,17,19,22-23,26,30,32,39-40,49H,9-16,18,20-21H2,1H3,(H,52,60)(H,53,59,61)/t30-,32+,39?/m0/s1. The average molecular weight is 869 g/mol. The van der Waals surface area contributed by atoms with Crippen molar-refractivity contribution in [2.24, 2.45) is 5.41 Å². The summed E-state index contributed by atoms with van der Waals surface area (Å²) in [6.07, 6.45) is 3.64. The fourth-order valence-corrected chi connectivity index (χ4v) is 9.80. The van der Waals surface area contributed by atoms with E-state index in [2.05, 4.69) is 25.8 Å². The maximum Gasteiger partial charge on any atom is 0.328 e. The van der Waals surface area contributed by atoms with Crippen LogP contribution in [-0.2, 0) is 11.2 Å². The second-order valence-electron chi connectivity index (χ2n) is 16.9. The number of ether oxygens (including phenoxy) is 1. The first-order valence-corrected chi connectivity index (χ1v) is 21.3. The van der Waals surface area contributed by atoms with Crippen molar-refractivity contribution in [2.75, 3.05) is 48.3 Å². The number of aromatic nitrogens is 4. The molecule has 3 atom stereocenters. The van der Waals surface area contributed by atoms with Gasteiger partial charge in [-0.05, 0) is 86.0 Å². The third kappa shape index (κ3) is 7.33. The van der Waals surface area contributed by atoms with Gasteiger partial charge in [0, 0.05) is 62.6 Å². The Morgan fingerprint density at radius 3 is 2.47 bits per heavy atom. The molecular weight excluding hydrogens is 825 g/mol. The van der Waals surface area contributed by atoms with Crippen molar-refractivity contribution in [3.05, 3.63) is 88.8 Å². The summed E-state index contributed by atoms with van der Waals surface area (Å²) in [5.74, 6) is 0.406. The number of nitrogens with zero attached hydrogens (tertiary/aromatic N) is 7. The summed E-state index contributed by atoms with van der Waals surface area (Å²) >= 11 is 6.41. The number of halogens is 4. The molecule has 3 aromatic heterocycles. The number of imidazole rings is 1. The lowest BCUT2D eigenvalue weighted by atomic mass is 9.61. The average Bonchev–Trinajstić information content (AvgIpc) is 3.57. The number of carbonyl (C=O) groups excluding carboxylic acids is 3. The highest BCUT2D eigenvalue weighted by Gasteiger charge is 2.48. The van der Waals surface area contributed by atoms with E-state index in [1.807, 2.05) is 35.2 Å². The third-order valence-electron chi connectivity index (χ3n) is 13.1. The Labute approximate surface area is 359 Å². The number of imide groups is 1. The largest absolute Gasteiger partial charge is 0.490 e. The van der Waals surface area contributed by atoms with Crippen LogP contribution >= 0.6 is 11.6 Å². The molecule has 10 rings (SSSR count). The number of fused-ring (bicyclic) bond motifs is 2. The Bertz CT molecular complexity index is 2580. The zero-order chi connectivity index (χ0) is 42.9. The lowest BCUT2D eigenvalue weighted by molar-refractivity contribution is -0.120. The van der Waals surface area contributed by atoms with E-state index in [4.69, 9.17) is 26.4 Å². The van der Waals surface area contributed by atoms with Crippen molar-refractivity contribution in [3.63, 3.8) is 0 Å². The van der Waals surface area contributed by atoms with E-state index in [1.165, 1.54) is 15.6 Å². The van der Waals surface area contributed by atoms with Gasteiger partial charge in [0.1, 0.15) is 11.9 Å². The van der Waals surface area contributed by atoms with Crippen LogP contribution in [0.5, 0.6) is 5.75 Å². The molecule has 18 heteroatoms. The normalized spacial score (nSPS) is 21.5. The number of alkyl halides is 3. The van der Waals surface area contributed by atoms with Gasteiger partial charge in [-0.25, -0.2) is 27.5 Å². The third-order valence-corrected chi connectivity index (χ3v) is 13.4.